The number of carbonyl (C=O) groups is 1. The second kappa shape index (κ2) is 4.89. The molecule has 0 amide bonds. The van der Waals surface area contributed by atoms with Crippen molar-refractivity contribution >= 4 is 29.2 Å². The van der Waals surface area contributed by atoms with Crippen LogP contribution in [0.3, 0.4) is 0 Å². The van der Waals surface area contributed by atoms with Crippen LogP contribution in [0.4, 0.5) is 0 Å². The lowest BCUT2D eigenvalue weighted by Crippen LogP contribution is -2.19. The van der Waals surface area contributed by atoms with Crippen LogP contribution in [0.5, 0.6) is 0 Å². The summed E-state index contributed by atoms with van der Waals surface area (Å²) >= 11 is 6.59. The van der Waals surface area contributed by atoms with Crippen LogP contribution in [0.1, 0.15) is 26.2 Å². The highest BCUT2D eigenvalue weighted by Crippen LogP contribution is 2.29. The molecule has 1 heterocycles. The van der Waals surface area contributed by atoms with Gasteiger partial charge in [-0.3, -0.25) is 4.79 Å². The molecule has 0 spiro atoms. The minimum Gasteiger partial charge on any atom is -0.389 e. The Balaban J connectivity index is 2.94. The smallest absolute Gasteiger partial charge is 0.160 e. The molecular weight excluding hydrogens is 224 g/mol. The molecule has 0 radical (unpaired) electrons. The molecule has 1 rings (SSSR count). The molecule has 0 saturated carbocycles. The lowest BCUT2D eigenvalue weighted by atomic mass is 10.1. The Labute approximate surface area is 90.9 Å². The van der Waals surface area contributed by atoms with Crippen molar-refractivity contribution in [2.45, 2.75) is 19.1 Å². The number of halogens is 1. The molecule has 0 fully saturated rings. The summed E-state index contributed by atoms with van der Waals surface area (Å²) in [5.74, 6) is -0.0328. The number of thiophene rings is 1. The molecule has 5 heteroatoms. The molecule has 2 unspecified atom stereocenters. The van der Waals surface area contributed by atoms with E-state index in [4.69, 9.17) is 11.6 Å². The van der Waals surface area contributed by atoms with Crippen molar-refractivity contribution in [3.8, 4) is 0 Å². The first kappa shape index (κ1) is 11.7. The summed E-state index contributed by atoms with van der Waals surface area (Å²) in [7, 11) is 0. The zero-order valence-electron chi connectivity index (χ0n) is 7.61. The third-order valence-electron chi connectivity index (χ3n) is 1.88. The number of aldehydes is 1. The number of carbonyl (C=O) groups excluding carboxylic acids is 1. The van der Waals surface area contributed by atoms with Crippen molar-refractivity contribution in [2.24, 2.45) is 0 Å². The number of aliphatic hydroxyl groups excluding tert-OH is 2. The third-order valence-corrected chi connectivity index (χ3v) is 3.43. The van der Waals surface area contributed by atoms with E-state index in [1.54, 1.807) is 13.0 Å². The summed E-state index contributed by atoms with van der Waals surface area (Å²) in [5.41, 5.74) is 0.800. The quantitative estimate of drug-likeness (QED) is 0.613. The lowest BCUT2D eigenvalue weighted by molar-refractivity contribution is 0.0346. The standard InChI is InChI=1S/C9H11ClO3S/c1-5-2-6(4-11)14-9(5)8(13)7(12)3-10/h2,4,7-8,12-13H,3H2,1H3. The summed E-state index contributed by atoms with van der Waals surface area (Å²) in [6, 6.07) is 1.68. The summed E-state index contributed by atoms with van der Waals surface area (Å²) in [6.07, 6.45) is -1.28. The topological polar surface area (TPSA) is 57.5 Å². The highest BCUT2D eigenvalue weighted by Gasteiger charge is 2.21. The minimum absolute atomic E-state index is 0.0328. The van der Waals surface area contributed by atoms with Gasteiger partial charge < -0.3 is 10.2 Å². The predicted molar refractivity (Wildman–Crippen MR) is 56.1 cm³/mol. The molecule has 1 aromatic heterocycles. The summed E-state index contributed by atoms with van der Waals surface area (Å²) < 4.78 is 0. The number of alkyl halides is 1. The lowest BCUT2D eigenvalue weighted by Gasteiger charge is -2.14. The van der Waals surface area contributed by atoms with Crippen molar-refractivity contribution in [1.82, 2.24) is 0 Å². The van der Waals surface area contributed by atoms with E-state index in [0.717, 1.165) is 11.8 Å². The summed E-state index contributed by atoms with van der Waals surface area (Å²) in [6.45, 7) is 1.78. The fourth-order valence-electron chi connectivity index (χ4n) is 1.13. The van der Waals surface area contributed by atoms with Gasteiger partial charge in [0, 0.05) is 4.88 Å². The minimum atomic E-state index is -1.01. The van der Waals surface area contributed by atoms with E-state index in [-0.39, 0.29) is 5.88 Å². The fraction of sp³-hybridized carbons (Fsp3) is 0.444. The predicted octanol–water partition coefficient (Wildman–Crippen LogP) is 1.50. The Morgan fingerprint density at radius 3 is 2.71 bits per heavy atom. The van der Waals surface area contributed by atoms with Crippen molar-refractivity contribution in [3.05, 3.63) is 21.4 Å². The molecule has 3 nitrogen and oxygen atoms in total. The fourth-order valence-corrected chi connectivity index (χ4v) is 2.34. The molecule has 0 saturated heterocycles. The Hall–Kier alpha value is -0.420. The van der Waals surface area contributed by atoms with E-state index < -0.39 is 12.2 Å². The molecule has 78 valence electrons. The van der Waals surface area contributed by atoms with Crippen LogP contribution in [0.25, 0.3) is 0 Å². The maximum Gasteiger partial charge on any atom is 0.160 e. The maximum atomic E-state index is 10.5. The third kappa shape index (κ3) is 2.33. The second-order valence-corrected chi connectivity index (χ2v) is 4.40. The van der Waals surface area contributed by atoms with E-state index >= 15 is 0 Å². The number of hydrogen-bond acceptors (Lipinski definition) is 4. The molecular formula is C9H11ClO3S. The molecule has 0 aromatic carbocycles. The number of aryl methyl sites for hydroxylation is 1. The van der Waals surface area contributed by atoms with E-state index in [1.165, 1.54) is 11.3 Å². The van der Waals surface area contributed by atoms with E-state index in [2.05, 4.69) is 0 Å². The van der Waals surface area contributed by atoms with Gasteiger partial charge in [-0.1, -0.05) is 0 Å². The SMILES string of the molecule is Cc1cc(C=O)sc1C(O)C(O)CCl. The monoisotopic (exact) mass is 234 g/mol. The maximum absolute atomic E-state index is 10.5. The average molecular weight is 235 g/mol. The molecule has 1 aromatic rings. The zero-order chi connectivity index (χ0) is 10.7. The van der Waals surface area contributed by atoms with Gasteiger partial charge in [0.15, 0.2) is 6.29 Å². The van der Waals surface area contributed by atoms with Crippen LogP contribution in [0, 0.1) is 6.92 Å². The zero-order valence-corrected chi connectivity index (χ0v) is 9.18. The van der Waals surface area contributed by atoms with E-state index in [9.17, 15) is 15.0 Å². The van der Waals surface area contributed by atoms with Crippen LogP contribution in [0.2, 0.25) is 0 Å². The molecule has 2 atom stereocenters. The second-order valence-electron chi connectivity index (χ2n) is 2.98. The van der Waals surface area contributed by atoms with Crippen molar-refractivity contribution in [1.29, 1.82) is 0 Å². The van der Waals surface area contributed by atoms with Gasteiger partial charge in [-0.2, -0.15) is 0 Å². The largest absolute Gasteiger partial charge is 0.389 e. The van der Waals surface area contributed by atoms with E-state index in [0.29, 0.717) is 9.75 Å². The van der Waals surface area contributed by atoms with Gasteiger partial charge >= 0.3 is 0 Å². The van der Waals surface area contributed by atoms with Crippen LogP contribution < -0.4 is 0 Å². The summed E-state index contributed by atoms with van der Waals surface area (Å²) in [4.78, 5) is 11.6. The first-order valence-corrected chi connectivity index (χ1v) is 5.42. The molecule has 2 N–H and O–H groups in total. The number of aliphatic hydroxyl groups is 2. The van der Waals surface area contributed by atoms with Gasteiger partial charge in [-0.15, -0.1) is 22.9 Å². The molecule has 0 aliphatic carbocycles. The van der Waals surface area contributed by atoms with Gasteiger partial charge in [-0.05, 0) is 18.6 Å². The summed E-state index contributed by atoms with van der Waals surface area (Å²) in [5, 5.41) is 19.0. The van der Waals surface area contributed by atoms with Crippen LogP contribution in [-0.4, -0.2) is 28.5 Å². The number of hydrogen-bond donors (Lipinski definition) is 2. The molecule has 0 aliphatic rings. The van der Waals surface area contributed by atoms with Crippen molar-refractivity contribution in [2.75, 3.05) is 5.88 Å². The molecule has 0 aliphatic heterocycles. The van der Waals surface area contributed by atoms with Gasteiger partial charge in [0.1, 0.15) is 6.10 Å². The van der Waals surface area contributed by atoms with Crippen LogP contribution in [-0.2, 0) is 0 Å². The van der Waals surface area contributed by atoms with Gasteiger partial charge in [-0.25, -0.2) is 0 Å². The Kier molecular flexibility index (Phi) is 4.07. The van der Waals surface area contributed by atoms with Crippen LogP contribution in [0.15, 0.2) is 6.07 Å². The van der Waals surface area contributed by atoms with Crippen molar-refractivity contribution in [3.63, 3.8) is 0 Å². The first-order valence-electron chi connectivity index (χ1n) is 4.07. The molecule has 0 bridgehead atoms. The average Bonchev–Trinajstić information content (AvgIpc) is 2.57. The highest BCUT2D eigenvalue weighted by molar-refractivity contribution is 7.13. The Bertz CT molecular complexity index is 324. The highest BCUT2D eigenvalue weighted by atomic mass is 35.5. The number of rotatable bonds is 4. The van der Waals surface area contributed by atoms with Gasteiger partial charge in [0.2, 0.25) is 0 Å². The molecule has 14 heavy (non-hydrogen) atoms. The van der Waals surface area contributed by atoms with Crippen LogP contribution >= 0.6 is 22.9 Å². The Morgan fingerprint density at radius 2 is 2.29 bits per heavy atom. The normalized spacial score (nSPS) is 15.1. The van der Waals surface area contributed by atoms with Crippen molar-refractivity contribution < 1.29 is 15.0 Å². The first-order chi connectivity index (χ1) is 6.60. The Morgan fingerprint density at radius 1 is 1.64 bits per heavy atom. The van der Waals surface area contributed by atoms with Gasteiger partial charge in [0.25, 0.3) is 0 Å². The van der Waals surface area contributed by atoms with E-state index in [1.807, 2.05) is 0 Å². The van der Waals surface area contributed by atoms with Gasteiger partial charge in [0.05, 0.1) is 16.9 Å².